The second-order valence-corrected chi connectivity index (χ2v) is 6.06. The summed E-state index contributed by atoms with van der Waals surface area (Å²) in [4.78, 5) is 10.9. The van der Waals surface area contributed by atoms with Crippen molar-refractivity contribution in [2.24, 2.45) is 0 Å². The quantitative estimate of drug-likeness (QED) is 0.700. The van der Waals surface area contributed by atoms with Gasteiger partial charge in [0.05, 0.1) is 5.56 Å². The molecular formula is C21H24O3. The van der Waals surface area contributed by atoms with E-state index in [4.69, 9.17) is 9.84 Å². The predicted octanol–water partition coefficient (Wildman–Crippen LogP) is 6.08. The Hall–Kier alpha value is -2.55. The normalized spacial score (nSPS) is 11.8. The van der Waals surface area contributed by atoms with Crippen molar-refractivity contribution in [1.82, 2.24) is 0 Å². The number of aryl methyl sites for hydroxylation is 1. The number of aromatic carboxylic acids is 1. The van der Waals surface area contributed by atoms with Gasteiger partial charge in [-0.05, 0) is 80.3 Å². The molecule has 0 heterocycles. The number of allylic oxidation sites excluding steroid dienone is 2. The Balaban J connectivity index is 2.28. The molecule has 0 spiro atoms. The molecule has 2 aromatic rings. The van der Waals surface area contributed by atoms with Gasteiger partial charge in [0.15, 0.2) is 0 Å². The zero-order chi connectivity index (χ0) is 17.7. The molecule has 24 heavy (non-hydrogen) atoms. The summed E-state index contributed by atoms with van der Waals surface area (Å²) in [5, 5.41) is 8.94. The lowest BCUT2D eigenvalue weighted by Crippen LogP contribution is -1.95. The number of ether oxygens (including phenoxy) is 1. The van der Waals surface area contributed by atoms with Crippen molar-refractivity contribution in [3.05, 3.63) is 64.7 Å². The summed E-state index contributed by atoms with van der Waals surface area (Å²) in [7, 11) is 0. The van der Waals surface area contributed by atoms with E-state index in [1.54, 1.807) is 24.3 Å². The van der Waals surface area contributed by atoms with E-state index in [9.17, 15) is 4.79 Å². The number of hydrogen-bond donors (Lipinski definition) is 1. The fourth-order valence-electron chi connectivity index (χ4n) is 2.66. The molecule has 2 aromatic carbocycles. The van der Waals surface area contributed by atoms with E-state index in [2.05, 4.69) is 39.8 Å². The molecule has 0 aliphatic rings. The second-order valence-electron chi connectivity index (χ2n) is 6.06. The average Bonchev–Trinajstić information content (AvgIpc) is 2.56. The molecule has 3 heteroatoms. The van der Waals surface area contributed by atoms with Gasteiger partial charge in [-0.25, -0.2) is 4.79 Å². The molecule has 1 N–H and O–H groups in total. The fourth-order valence-corrected chi connectivity index (χ4v) is 2.66. The molecule has 0 radical (unpaired) electrons. The van der Waals surface area contributed by atoms with Gasteiger partial charge in [0.1, 0.15) is 11.5 Å². The maximum atomic E-state index is 10.9. The Morgan fingerprint density at radius 3 is 2.25 bits per heavy atom. The zero-order valence-corrected chi connectivity index (χ0v) is 14.7. The molecular weight excluding hydrogens is 300 g/mol. The van der Waals surface area contributed by atoms with E-state index in [-0.39, 0.29) is 5.56 Å². The van der Waals surface area contributed by atoms with Crippen LogP contribution in [-0.2, 0) is 0 Å². The van der Waals surface area contributed by atoms with Crippen molar-refractivity contribution in [2.75, 3.05) is 0 Å². The Morgan fingerprint density at radius 1 is 1.04 bits per heavy atom. The minimum Gasteiger partial charge on any atom is -0.478 e. The van der Waals surface area contributed by atoms with Gasteiger partial charge in [-0.2, -0.15) is 0 Å². The van der Waals surface area contributed by atoms with Gasteiger partial charge in [0.25, 0.3) is 0 Å². The van der Waals surface area contributed by atoms with E-state index in [0.717, 1.165) is 18.6 Å². The Morgan fingerprint density at radius 2 is 1.67 bits per heavy atom. The van der Waals surface area contributed by atoms with Crippen LogP contribution in [0, 0.1) is 6.92 Å². The van der Waals surface area contributed by atoms with Gasteiger partial charge in [0, 0.05) is 0 Å². The third-order valence-corrected chi connectivity index (χ3v) is 4.22. The summed E-state index contributed by atoms with van der Waals surface area (Å²) >= 11 is 0. The third kappa shape index (κ3) is 4.25. The number of benzene rings is 2. The molecule has 2 rings (SSSR count). The van der Waals surface area contributed by atoms with Crippen LogP contribution >= 0.6 is 0 Å². The Bertz CT molecular complexity index is 755. The lowest BCUT2D eigenvalue weighted by atomic mass is 9.96. The maximum Gasteiger partial charge on any atom is 0.335 e. The van der Waals surface area contributed by atoms with Crippen LogP contribution in [0.1, 0.15) is 55.1 Å². The minimum absolute atomic E-state index is 0.251. The molecule has 126 valence electrons. The van der Waals surface area contributed by atoms with Gasteiger partial charge in [0.2, 0.25) is 0 Å². The van der Waals surface area contributed by atoms with Crippen molar-refractivity contribution in [3.63, 3.8) is 0 Å². The van der Waals surface area contributed by atoms with Crippen LogP contribution < -0.4 is 4.74 Å². The summed E-state index contributed by atoms with van der Waals surface area (Å²) in [6.45, 7) is 8.61. The van der Waals surface area contributed by atoms with Crippen LogP contribution in [0.25, 0.3) is 5.57 Å². The van der Waals surface area contributed by atoms with E-state index >= 15 is 0 Å². The molecule has 3 nitrogen and oxygen atoms in total. The zero-order valence-electron chi connectivity index (χ0n) is 14.7. The van der Waals surface area contributed by atoms with Crippen LogP contribution in [0.4, 0.5) is 0 Å². The number of carbonyl (C=O) groups is 1. The molecule has 0 fully saturated rings. The van der Waals surface area contributed by atoms with Crippen LogP contribution in [0.2, 0.25) is 0 Å². The standard InChI is InChI=1S/C21H24O3/c1-5-6-14(2)16(4)20-13-19(10-7-15(20)3)24-18-11-8-17(9-12-18)21(22)23/h7-13H,5-6H2,1-4H3,(H,22,23)/b16-14-. The van der Waals surface area contributed by atoms with Gasteiger partial charge in [-0.15, -0.1) is 0 Å². The van der Waals surface area contributed by atoms with E-state index in [0.29, 0.717) is 5.75 Å². The molecule has 0 aliphatic heterocycles. The highest BCUT2D eigenvalue weighted by atomic mass is 16.5. The molecule has 0 unspecified atom stereocenters. The van der Waals surface area contributed by atoms with Crippen LogP contribution in [0.3, 0.4) is 0 Å². The fraction of sp³-hybridized carbons (Fsp3) is 0.286. The Kier molecular flexibility index (Phi) is 5.80. The third-order valence-electron chi connectivity index (χ3n) is 4.22. The first kappa shape index (κ1) is 17.8. The smallest absolute Gasteiger partial charge is 0.335 e. The summed E-state index contributed by atoms with van der Waals surface area (Å²) < 4.78 is 5.88. The van der Waals surface area contributed by atoms with Crippen molar-refractivity contribution < 1.29 is 14.6 Å². The summed E-state index contributed by atoms with van der Waals surface area (Å²) in [5.41, 5.74) is 5.35. The lowest BCUT2D eigenvalue weighted by Gasteiger charge is -2.13. The SMILES string of the molecule is CCC/C(C)=C(/C)c1cc(Oc2ccc(C(=O)O)cc2)ccc1C. The topological polar surface area (TPSA) is 46.5 Å². The van der Waals surface area contributed by atoms with Crippen molar-refractivity contribution in [3.8, 4) is 11.5 Å². The first-order valence-corrected chi connectivity index (χ1v) is 8.21. The highest BCUT2D eigenvalue weighted by Crippen LogP contribution is 2.30. The van der Waals surface area contributed by atoms with Crippen molar-refractivity contribution >= 4 is 11.5 Å². The molecule has 0 aromatic heterocycles. The minimum atomic E-state index is -0.939. The molecule has 0 amide bonds. The number of carboxylic acids is 1. The van der Waals surface area contributed by atoms with Crippen LogP contribution in [0.15, 0.2) is 48.0 Å². The van der Waals surface area contributed by atoms with Gasteiger partial charge in [-0.3, -0.25) is 0 Å². The highest BCUT2D eigenvalue weighted by Gasteiger charge is 2.08. The molecule has 0 atom stereocenters. The molecule has 0 aliphatic carbocycles. The van der Waals surface area contributed by atoms with Crippen LogP contribution in [0.5, 0.6) is 11.5 Å². The number of carboxylic acid groups (broad SMARTS) is 1. The highest BCUT2D eigenvalue weighted by molar-refractivity contribution is 5.87. The summed E-state index contributed by atoms with van der Waals surface area (Å²) in [6, 6.07) is 12.5. The Labute approximate surface area is 143 Å². The second kappa shape index (κ2) is 7.82. The average molecular weight is 324 g/mol. The first-order chi connectivity index (χ1) is 11.4. The van der Waals surface area contributed by atoms with Crippen LogP contribution in [-0.4, -0.2) is 11.1 Å². The van der Waals surface area contributed by atoms with E-state index in [1.165, 1.54) is 22.3 Å². The maximum absolute atomic E-state index is 10.9. The van der Waals surface area contributed by atoms with Gasteiger partial charge in [-0.1, -0.05) is 25.0 Å². The molecule has 0 saturated carbocycles. The number of rotatable bonds is 6. The van der Waals surface area contributed by atoms with Gasteiger partial charge >= 0.3 is 5.97 Å². The lowest BCUT2D eigenvalue weighted by molar-refractivity contribution is 0.0697. The first-order valence-electron chi connectivity index (χ1n) is 8.21. The van der Waals surface area contributed by atoms with Gasteiger partial charge < -0.3 is 9.84 Å². The van der Waals surface area contributed by atoms with E-state index < -0.39 is 5.97 Å². The van der Waals surface area contributed by atoms with Crippen molar-refractivity contribution in [1.29, 1.82) is 0 Å². The molecule has 0 saturated heterocycles. The monoisotopic (exact) mass is 324 g/mol. The summed E-state index contributed by atoms with van der Waals surface area (Å²) in [5.74, 6) is 0.440. The van der Waals surface area contributed by atoms with Crippen molar-refractivity contribution in [2.45, 2.75) is 40.5 Å². The predicted molar refractivity (Wildman–Crippen MR) is 97.8 cm³/mol. The largest absolute Gasteiger partial charge is 0.478 e. The molecule has 0 bridgehead atoms. The summed E-state index contributed by atoms with van der Waals surface area (Å²) in [6.07, 6.45) is 2.22. The van der Waals surface area contributed by atoms with E-state index in [1.807, 2.05) is 6.07 Å². The number of hydrogen-bond acceptors (Lipinski definition) is 2.